The SMILES string of the molecule is CCOC(=O)C1=C(c2ccccc2)NC(SCC(=O)Nc2ccc(F)cc2)=C(C#N)[C@H]1c1ccccc1Cl. The molecule has 0 spiro atoms. The number of ether oxygens (including phenoxy) is 1. The molecule has 0 aromatic heterocycles. The second-order valence-electron chi connectivity index (χ2n) is 8.15. The van der Waals surface area contributed by atoms with Crippen LogP contribution in [0.1, 0.15) is 24.0 Å². The van der Waals surface area contributed by atoms with E-state index in [1.54, 1.807) is 31.2 Å². The third kappa shape index (κ3) is 6.08. The van der Waals surface area contributed by atoms with Crippen LogP contribution in [0.15, 0.2) is 95.0 Å². The number of nitrogens with one attached hydrogen (secondary N) is 2. The number of hydrogen-bond acceptors (Lipinski definition) is 6. The van der Waals surface area contributed by atoms with E-state index in [0.29, 0.717) is 32.6 Å². The summed E-state index contributed by atoms with van der Waals surface area (Å²) in [6.07, 6.45) is 0. The van der Waals surface area contributed by atoms with Gasteiger partial charge in [-0.05, 0) is 48.4 Å². The molecule has 38 heavy (non-hydrogen) atoms. The second-order valence-corrected chi connectivity index (χ2v) is 9.55. The highest BCUT2D eigenvalue weighted by atomic mass is 35.5. The monoisotopic (exact) mass is 547 g/mol. The van der Waals surface area contributed by atoms with E-state index < -0.39 is 17.7 Å². The maximum Gasteiger partial charge on any atom is 0.337 e. The second kappa shape index (κ2) is 12.5. The largest absolute Gasteiger partial charge is 0.463 e. The molecule has 1 aliphatic rings. The van der Waals surface area contributed by atoms with E-state index in [9.17, 15) is 19.2 Å². The summed E-state index contributed by atoms with van der Waals surface area (Å²) < 4.78 is 18.6. The molecule has 9 heteroatoms. The zero-order valence-electron chi connectivity index (χ0n) is 20.3. The first-order valence-electron chi connectivity index (χ1n) is 11.7. The molecule has 0 bridgehead atoms. The molecular formula is C29H23ClFN3O3S. The molecule has 1 atom stereocenters. The lowest BCUT2D eigenvalue weighted by Crippen LogP contribution is -2.30. The number of anilines is 1. The zero-order chi connectivity index (χ0) is 27.1. The third-order valence-electron chi connectivity index (χ3n) is 5.70. The molecule has 192 valence electrons. The Labute approximate surface area is 229 Å². The van der Waals surface area contributed by atoms with E-state index in [0.717, 1.165) is 11.8 Å². The van der Waals surface area contributed by atoms with Gasteiger partial charge in [0.25, 0.3) is 0 Å². The van der Waals surface area contributed by atoms with E-state index in [1.807, 2.05) is 30.3 Å². The van der Waals surface area contributed by atoms with Crippen molar-refractivity contribution in [2.24, 2.45) is 0 Å². The summed E-state index contributed by atoms with van der Waals surface area (Å²) in [4.78, 5) is 26.0. The van der Waals surface area contributed by atoms with Crippen molar-refractivity contribution in [3.8, 4) is 6.07 Å². The van der Waals surface area contributed by atoms with Gasteiger partial charge in [-0.2, -0.15) is 5.26 Å². The summed E-state index contributed by atoms with van der Waals surface area (Å²) in [6.45, 7) is 1.86. The van der Waals surface area contributed by atoms with Gasteiger partial charge in [0.2, 0.25) is 5.91 Å². The maximum absolute atomic E-state index is 13.3. The Morgan fingerprint density at radius 1 is 1.08 bits per heavy atom. The van der Waals surface area contributed by atoms with Crippen LogP contribution in [0.25, 0.3) is 5.70 Å². The van der Waals surface area contributed by atoms with Crippen molar-refractivity contribution in [2.45, 2.75) is 12.8 Å². The lowest BCUT2D eigenvalue weighted by Gasteiger charge is -2.31. The number of rotatable bonds is 8. The average Bonchev–Trinajstić information content (AvgIpc) is 2.93. The lowest BCUT2D eigenvalue weighted by atomic mass is 9.81. The number of amides is 1. The van der Waals surface area contributed by atoms with Crippen LogP contribution in [0.2, 0.25) is 5.02 Å². The minimum Gasteiger partial charge on any atom is -0.463 e. The van der Waals surface area contributed by atoms with Gasteiger partial charge in [-0.25, -0.2) is 9.18 Å². The Hall–Kier alpha value is -4.06. The highest BCUT2D eigenvalue weighted by Gasteiger charge is 2.38. The number of dihydropyridines is 1. The molecule has 3 aromatic carbocycles. The first-order valence-corrected chi connectivity index (χ1v) is 13.1. The zero-order valence-corrected chi connectivity index (χ0v) is 21.9. The van der Waals surface area contributed by atoms with Crippen LogP contribution in [0.5, 0.6) is 0 Å². The van der Waals surface area contributed by atoms with Crippen LogP contribution in [0.3, 0.4) is 0 Å². The number of nitrogens with zero attached hydrogens (tertiary/aromatic N) is 1. The molecule has 0 saturated heterocycles. The number of hydrogen-bond donors (Lipinski definition) is 2. The fourth-order valence-corrected chi connectivity index (χ4v) is 5.13. The molecule has 0 aliphatic carbocycles. The number of esters is 1. The minimum atomic E-state index is -0.827. The molecule has 0 unspecified atom stereocenters. The fourth-order valence-electron chi connectivity index (χ4n) is 4.05. The van der Waals surface area contributed by atoms with E-state index in [2.05, 4.69) is 16.7 Å². The molecular weight excluding hydrogens is 525 g/mol. The molecule has 0 saturated carbocycles. The summed E-state index contributed by atoms with van der Waals surface area (Å²) in [6, 6.07) is 23.9. The Morgan fingerprint density at radius 3 is 2.42 bits per heavy atom. The summed E-state index contributed by atoms with van der Waals surface area (Å²) in [7, 11) is 0. The van der Waals surface area contributed by atoms with Crippen molar-refractivity contribution in [1.82, 2.24) is 5.32 Å². The van der Waals surface area contributed by atoms with Crippen molar-refractivity contribution in [2.75, 3.05) is 17.7 Å². The highest BCUT2D eigenvalue weighted by molar-refractivity contribution is 8.03. The Bertz CT molecular complexity index is 1450. The van der Waals surface area contributed by atoms with E-state index in [-0.39, 0.29) is 29.4 Å². The van der Waals surface area contributed by atoms with Gasteiger partial charge >= 0.3 is 5.97 Å². The van der Waals surface area contributed by atoms with E-state index in [1.165, 1.54) is 24.3 Å². The molecule has 1 aliphatic heterocycles. The fraction of sp³-hybridized carbons (Fsp3) is 0.138. The van der Waals surface area contributed by atoms with Crippen molar-refractivity contribution < 1.29 is 18.7 Å². The van der Waals surface area contributed by atoms with Crippen molar-refractivity contribution in [3.63, 3.8) is 0 Å². The number of carbonyl (C=O) groups is 2. The van der Waals surface area contributed by atoms with Crippen LogP contribution in [-0.2, 0) is 14.3 Å². The van der Waals surface area contributed by atoms with Gasteiger partial charge in [-0.3, -0.25) is 4.79 Å². The average molecular weight is 548 g/mol. The van der Waals surface area contributed by atoms with Crippen LogP contribution in [0.4, 0.5) is 10.1 Å². The number of carbonyl (C=O) groups excluding carboxylic acids is 2. The van der Waals surface area contributed by atoms with Gasteiger partial charge < -0.3 is 15.4 Å². The molecule has 0 radical (unpaired) electrons. The first-order chi connectivity index (χ1) is 18.4. The van der Waals surface area contributed by atoms with Gasteiger partial charge in [0, 0.05) is 10.7 Å². The van der Waals surface area contributed by atoms with E-state index >= 15 is 0 Å². The highest BCUT2D eigenvalue weighted by Crippen LogP contribution is 2.45. The Kier molecular flexibility index (Phi) is 8.85. The summed E-state index contributed by atoms with van der Waals surface area (Å²) in [5, 5.41) is 17.0. The quantitative estimate of drug-likeness (QED) is 0.324. The summed E-state index contributed by atoms with van der Waals surface area (Å²) >= 11 is 7.69. The van der Waals surface area contributed by atoms with Gasteiger partial charge in [0.05, 0.1) is 46.2 Å². The Morgan fingerprint density at radius 2 is 1.76 bits per heavy atom. The standard InChI is InChI=1S/C29H23ClFN3O3S/c1-2-37-29(36)26-25(21-10-6-7-11-23(21)30)22(16-32)28(34-27(26)18-8-4-3-5-9-18)38-17-24(35)33-20-14-12-19(31)13-15-20/h3-15,25,34H,2,17H2,1H3,(H,33,35)/t25-/m1/s1. The number of halogens is 2. The molecule has 3 aromatic rings. The Balaban J connectivity index is 1.76. The van der Waals surface area contributed by atoms with Crippen LogP contribution in [-0.4, -0.2) is 24.2 Å². The normalized spacial score (nSPS) is 14.9. The smallest absolute Gasteiger partial charge is 0.337 e. The number of allylic oxidation sites excluding steroid dienone is 1. The van der Waals surface area contributed by atoms with Gasteiger partial charge in [0.15, 0.2) is 0 Å². The minimum absolute atomic E-state index is 0.0447. The van der Waals surface area contributed by atoms with Crippen LogP contribution in [0, 0.1) is 17.1 Å². The number of thioether (sulfide) groups is 1. The lowest BCUT2D eigenvalue weighted by molar-refractivity contribution is -0.138. The molecule has 0 fully saturated rings. The molecule has 1 heterocycles. The van der Waals surface area contributed by atoms with Crippen LogP contribution >= 0.6 is 23.4 Å². The van der Waals surface area contributed by atoms with Crippen molar-refractivity contribution >= 4 is 46.6 Å². The van der Waals surface area contributed by atoms with E-state index in [4.69, 9.17) is 16.3 Å². The number of benzene rings is 3. The molecule has 2 N–H and O–H groups in total. The molecule has 1 amide bonds. The van der Waals surface area contributed by atoms with Crippen LogP contribution < -0.4 is 10.6 Å². The first kappa shape index (κ1) is 27.0. The van der Waals surface area contributed by atoms with Gasteiger partial charge in [-0.15, -0.1) is 0 Å². The van der Waals surface area contributed by atoms with Gasteiger partial charge in [-0.1, -0.05) is 71.9 Å². The predicted molar refractivity (Wildman–Crippen MR) is 147 cm³/mol. The third-order valence-corrected chi connectivity index (χ3v) is 7.06. The predicted octanol–water partition coefficient (Wildman–Crippen LogP) is 6.25. The van der Waals surface area contributed by atoms with Crippen molar-refractivity contribution in [1.29, 1.82) is 5.26 Å². The van der Waals surface area contributed by atoms with Crippen molar-refractivity contribution in [3.05, 3.63) is 117 Å². The van der Waals surface area contributed by atoms with Gasteiger partial charge in [0.1, 0.15) is 5.82 Å². The maximum atomic E-state index is 13.3. The molecule has 4 rings (SSSR count). The summed E-state index contributed by atoms with van der Waals surface area (Å²) in [5.41, 5.74) is 2.68. The summed E-state index contributed by atoms with van der Waals surface area (Å²) in [5.74, 6) is -2.20. The number of nitriles is 1. The topological polar surface area (TPSA) is 91.2 Å². The molecule has 6 nitrogen and oxygen atoms in total.